The summed E-state index contributed by atoms with van der Waals surface area (Å²) in [5, 5.41) is 0.380. The van der Waals surface area contributed by atoms with Crippen molar-refractivity contribution in [1.82, 2.24) is 4.90 Å². The summed E-state index contributed by atoms with van der Waals surface area (Å²) in [6.07, 6.45) is 1.50. The lowest BCUT2D eigenvalue weighted by molar-refractivity contribution is 0.0699. The number of amides is 1. The van der Waals surface area contributed by atoms with E-state index in [0.717, 1.165) is 11.1 Å². The van der Waals surface area contributed by atoms with E-state index < -0.39 is 17.8 Å². The van der Waals surface area contributed by atoms with Gasteiger partial charge in [-0.15, -0.1) is 0 Å². The summed E-state index contributed by atoms with van der Waals surface area (Å²) in [6, 6.07) is 12.2. The highest BCUT2D eigenvalue weighted by Crippen LogP contribution is 2.40. The van der Waals surface area contributed by atoms with Crippen molar-refractivity contribution in [2.45, 2.75) is 26.4 Å². The van der Waals surface area contributed by atoms with Gasteiger partial charge in [-0.05, 0) is 55.3 Å². The van der Waals surface area contributed by atoms with Gasteiger partial charge >= 0.3 is 0 Å². The second-order valence-electron chi connectivity index (χ2n) is 7.54. The summed E-state index contributed by atoms with van der Waals surface area (Å²) in [7, 11) is 0. The van der Waals surface area contributed by atoms with Gasteiger partial charge in [0.25, 0.3) is 5.91 Å². The molecule has 5 nitrogen and oxygen atoms in total. The van der Waals surface area contributed by atoms with Crippen molar-refractivity contribution >= 4 is 16.9 Å². The van der Waals surface area contributed by atoms with Crippen LogP contribution in [0.15, 0.2) is 68.4 Å². The lowest BCUT2D eigenvalue weighted by atomic mass is 9.97. The van der Waals surface area contributed by atoms with Gasteiger partial charge in [0.1, 0.15) is 17.2 Å². The molecular weight excluding hydrogens is 385 g/mol. The van der Waals surface area contributed by atoms with Crippen molar-refractivity contribution in [3.63, 3.8) is 0 Å². The Morgan fingerprint density at radius 2 is 1.80 bits per heavy atom. The Balaban J connectivity index is 1.79. The van der Waals surface area contributed by atoms with Crippen molar-refractivity contribution in [2.75, 3.05) is 0 Å². The molecule has 0 saturated carbocycles. The zero-order chi connectivity index (χ0) is 21.0. The molecule has 3 heterocycles. The Kier molecular flexibility index (Phi) is 4.10. The van der Waals surface area contributed by atoms with Crippen LogP contribution in [0.4, 0.5) is 4.39 Å². The number of hydrogen-bond acceptors (Lipinski definition) is 4. The van der Waals surface area contributed by atoms with E-state index in [1.165, 1.54) is 17.2 Å². The molecule has 2 aromatic carbocycles. The molecule has 150 valence electrons. The van der Waals surface area contributed by atoms with Crippen LogP contribution in [0, 0.1) is 19.7 Å². The molecule has 0 radical (unpaired) electrons. The topological polar surface area (TPSA) is 63.7 Å². The third-order valence-electron chi connectivity index (χ3n) is 5.69. The predicted molar refractivity (Wildman–Crippen MR) is 109 cm³/mol. The summed E-state index contributed by atoms with van der Waals surface area (Å²) in [5.74, 6) is -0.476. The van der Waals surface area contributed by atoms with E-state index >= 15 is 0 Å². The molecule has 0 bridgehead atoms. The molecule has 0 unspecified atom stereocenters. The molecule has 0 aliphatic carbocycles. The molecule has 1 aliphatic heterocycles. The van der Waals surface area contributed by atoms with E-state index in [4.69, 9.17) is 8.83 Å². The monoisotopic (exact) mass is 403 g/mol. The van der Waals surface area contributed by atoms with Gasteiger partial charge in [0.05, 0.1) is 29.8 Å². The van der Waals surface area contributed by atoms with Gasteiger partial charge in [0.2, 0.25) is 5.76 Å². The number of rotatable bonds is 3. The van der Waals surface area contributed by atoms with Gasteiger partial charge in [-0.25, -0.2) is 4.39 Å². The molecule has 4 aromatic rings. The number of carbonyl (C=O) groups excluding carboxylic acids is 1. The minimum Gasteiger partial charge on any atom is -0.467 e. The SMILES string of the molecule is Cc1cc2oc3c(c(=O)c2cc1C)[C@H](c1ccccc1F)N(Cc1ccco1)C3=O. The van der Waals surface area contributed by atoms with Crippen LogP contribution in [0.25, 0.3) is 11.0 Å². The van der Waals surface area contributed by atoms with Crippen LogP contribution in [0.5, 0.6) is 0 Å². The number of benzene rings is 2. The average molecular weight is 403 g/mol. The molecule has 6 heteroatoms. The molecule has 1 atom stereocenters. The Morgan fingerprint density at radius 3 is 2.53 bits per heavy atom. The van der Waals surface area contributed by atoms with Crippen LogP contribution < -0.4 is 5.43 Å². The number of aryl methyl sites for hydroxylation is 2. The number of furan rings is 1. The van der Waals surface area contributed by atoms with E-state index in [-0.39, 0.29) is 28.9 Å². The molecule has 1 amide bonds. The zero-order valence-corrected chi connectivity index (χ0v) is 16.4. The number of fused-ring (bicyclic) bond motifs is 2. The fourth-order valence-electron chi connectivity index (χ4n) is 4.03. The lowest BCUT2D eigenvalue weighted by Crippen LogP contribution is -2.29. The molecule has 1 aliphatic rings. The molecule has 0 saturated heterocycles. The van der Waals surface area contributed by atoms with Crippen molar-refractivity contribution in [3.05, 3.63) is 105 Å². The minimum atomic E-state index is -0.902. The predicted octanol–water partition coefficient (Wildman–Crippen LogP) is 4.89. The third-order valence-corrected chi connectivity index (χ3v) is 5.69. The number of carbonyl (C=O) groups is 1. The van der Waals surface area contributed by atoms with E-state index in [9.17, 15) is 14.0 Å². The van der Waals surface area contributed by atoms with Crippen LogP contribution in [-0.4, -0.2) is 10.8 Å². The Labute approximate surface area is 171 Å². The van der Waals surface area contributed by atoms with Crippen LogP contribution >= 0.6 is 0 Å². The zero-order valence-electron chi connectivity index (χ0n) is 16.4. The van der Waals surface area contributed by atoms with E-state index in [2.05, 4.69) is 0 Å². The van der Waals surface area contributed by atoms with E-state index in [0.29, 0.717) is 16.7 Å². The minimum absolute atomic E-state index is 0.0458. The molecular formula is C24H18FNO4. The summed E-state index contributed by atoms with van der Waals surface area (Å²) >= 11 is 0. The fraction of sp³-hybridized carbons (Fsp3) is 0.167. The quantitative estimate of drug-likeness (QED) is 0.489. The molecule has 5 rings (SSSR count). The second-order valence-corrected chi connectivity index (χ2v) is 7.54. The van der Waals surface area contributed by atoms with Gasteiger partial charge in [-0.3, -0.25) is 9.59 Å². The maximum Gasteiger partial charge on any atom is 0.291 e. The summed E-state index contributed by atoms with van der Waals surface area (Å²) < 4.78 is 26.1. The smallest absolute Gasteiger partial charge is 0.291 e. The van der Waals surface area contributed by atoms with Crippen LogP contribution in [0.3, 0.4) is 0 Å². The molecule has 30 heavy (non-hydrogen) atoms. The van der Waals surface area contributed by atoms with Crippen LogP contribution in [0.1, 0.15) is 44.6 Å². The van der Waals surface area contributed by atoms with Crippen molar-refractivity contribution in [3.8, 4) is 0 Å². The van der Waals surface area contributed by atoms with Crippen LogP contribution in [-0.2, 0) is 6.54 Å². The second kappa shape index (κ2) is 6.69. The van der Waals surface area contributed by atoms with Crippen LogP contribution in [0.2, 0.25) is 0 Å². The van der Waals surface area contributed by atoms with Crippen molar-refractivity contribution in [1.29, 1.82) is 0 Å². The largest absolute Gasteiger partial charge is 0.467 e. The Morgan fingerprint density at radius 1 is 1.03 bits per heavy atom. The normalized spacial score (nSPS) is 15.8. The van der Waals surface area contributed by atoms with Gasteiger partial charge in [-0.2, -0.15) is 0 Å². The van der Waals surface area contributed by atoms with Gasteiger partial charge in [0, 0.05) is 5.56 Å². The first-order valence-corrected chi connectivity index (χ1v) is 9.61. The first-order chi connectivity index (χ1) is 14.5. The lowest BCUT2D eigenvalue weighted by Gasteiger charge is -2.24. The molecule has 0 fully saturated rings. The van der Waals surface area contributed by atoms with Crippen molar-refractivity contribution in [2.24, 2.45) is 0 Å². The van der Waals surface area contributed by atoms with Gasteiger partial charge in [-0.1, -0.05) is 18.2 Å². The fourth-order valence-corrected chi connectivity index (χ4v) is 4.03. The maximum atomic E-state index is 14.8. The summed E-state index contributed by atoms with van der Waals surface area (Å²) in [6.45, 7) is 3.90. The Hall–Kier alpha value is -3.67. The maximum absolute atomic E-state index is 14.8. The summed E-state index contributed by atoms with van der Waals surface area (Å²) in [4.78, 5) is 28.2. The number of halogens is 1. The molecule has 0 spiro atoms. The Bertz CT molecular complexity index is 1350. The first-order valence-electron chi connectivity index (χ1n) is 9.61. The summed E-state index contributed by atoms with van der Waals surface area (Å²) in [5.41, 5.74) is 2.32. The van der Waals surface area contributed by atoms with Crippen molar-refractivity contribution < 1.29 is 18.0 Å². The highest BCUT2D eigenvalue weighted by Gasteiger charge is 2.44. The number of hydrogen-bond donors (Lipinski definition) is 0. The highest BCUT2D eigenvalue weighted by molar-refractivity contribution is 5.99. The van der Waals surface area contributed by atoms with Gasteiger partial charge in [0.15, 0.2) is 5.43 Å². The molecule has 0 N–H and O–H groups in total. The third kappa shape index (κ3) is 2.68. The average Bonchev–Trinajstić information content (AvgIpc) is 3.32. The number of nitrogens with zero attached hydrogens (tertiary/aromatic N) is 1. The van der Waals surface area contributed by atoms with Gasteiger partial charge < -0.3 is 13.7 Å². The standard InChI is InChI=1S/C24H18FNO4/c1-13-10-17-19(11-14(13)2)30-23-20(22(17)27)21(16-7-3-4-8-18(16)25)26(24(23)28)12-15-6-5-9-29-15/h3-11,21H,12H2,1-2H3/t21-/m0/s1. The first kappa shape index (κ1) is 18.4. The van der Waals surface area contributed by atoms with E-state index in [1.807, 2.05) is 13.8 Å². The van der Waals surface area contributed by atoms with E-state index in [1.54, 1.807) is 42.5 Å². The highest BCUT2D eigenvalue weighted by atomic mass is 19.1. The molecule has 2 aromatic heterocycles.